The second-order valence-electron chi connectivity index (χ2n) is 3.53. The molecule has 1 heterocycles. The van der Waals surface area contributed by atoms with Gasteiger partial charge in [-0.1, -0.05) is 5.16 Å². The van der Waals surface area contributed by atoms with Crippen LogP contribution in [0.15, 0.2) is 10.6 Å². The largest absolute Gasteiger partial charge is 0.480 e. The Balaban J connectivity index is 2.52. The summed E-state index contributed by atoms with van der Waals surface area (Å²) in [5, 5.41) is 12.6. The van der Waals surface area contributed by atoms with E-state index in [9.17, 15) is 4.79 Å². The number of hydrogen-bond acceptors (Lipinski definition) is 4. The molecule has 0 aliphatic rings. The van der Waals surface area contributed by atoms with Crippen LogP contribution in [0.2, 0.25) is 0 Å². The molecule has 0 unspecified atom stereocenters. The molecule has 4 nitrogen and oxygen atoms in total. The molecule has 0 atom stereocenters. The van der Waals surface area contributed by atoms with Gasteiger partial charge >= 0.3 is 5.97 Å². The third-order valence-electron chi connectivity index (χ3n) is 1.77. The number of thioether (sulfide) groups is 1. The van der Waals surface area contributed by atoms with Crippen molar-refractivity contribution in [1.29, 1.82) is 0 Å². The van der Waals surface area contributed by atoms with Gasteiger partial charge in [0, 0.05) is 11.8 Å². The van der Waals surface area contributed by atoms with Crippen LogP contribution in [0.1, 0.15) is 25.3 Å². The van der Waals surface area contributed by atoms with E-state index in [0.29, 0.717) is 5.75 Å². The molecule has 0 saturated heterocycles. The zero-order valence-corrected chi connectivity index (χ0v) is 9.22. The third-order valence-corrected chi connectivity index (χ3v) is 3.11. The van der Waals surface area contributed by atoms with Crippen LogP contribution < -0.4 is 0 Å². The van der Waals surface area contributed by atoms with Crippen molar-refractivity contribution in [2.75, 3.05) is 0 Å². The molecule has 14 heavy (non-hydrogen) atoms. The van der Waals surface area contributed by atoms with Crippen molar-refractivity contribution < 1.29 is 14.4 Å². The third kappa shape index (κ3) is 2.77. The molecule has 0 radical (unpaired) electrons. The van der Waals surface area contributed by atoms with Gasteiger partial charge in [-0.25, -0.2) is 0 Å². The van der Waals surface area contributed by atoms with Gasteiger partial charge in [0.25, 0.3) is 0 Å². The van der Waals surface area contributed by atoms with Crippen molar-refractivity contribution in [3.63, 3.8) is 0 Å². The van der Waals surface area contributed by atoms with E-state index in [2.05, 4.69) is 5.16 Å². The molecule has 0 spiro atoms. The first kappa shape index (κ1) is 11.1. The summed E-state index contributed by atoms with van der Waals surface area (Å²) in [7, 11) is 0. The van der Waals surface area contributed by atoms with Crippen LogP contribution in [0, 0.1) is 6.92 Å². The monoisotopic (exact) mass is 215 g/mol. The van der Waals surface area contributed by atoms with Gasteiger partial charge in [0.2, 0.25) is 0 Å². The number of aryl methyl sites for hydroxylation is 1. The van der Waals surface area contributed by atoms with Gasteiger partial charge in [-0.05, 0) is 20.8 Å². The number of aliphatic carboxylic acids is 1. The van der Waals surface area contributed by atoms with Gasteiger partial charge in [-0.2, -0.15) is 0 Å². The van der Waals surface area contributed by atoms with Crippen LogP contribution in [0.4, 0.5) is 0 Å². The Morgan fingerprint density at radius 1 is 1.71 bits per heavy atom. The highest BCUT2D eigenvalue weighted by atomic mass is 32.2. The molecule has 0 aliphatic heterocycles. The summed E-state index contributed by atoms with van der Waals surface area (Å²) in [6.45, 7) is 5.16. The van der Waals surface area contributed by atoms with Crippen molar-refractivity contribution >= 4 is 17.7 Å². The highest BCUT2D eigenvalue weighted by Crippen LogP contribution is 2.27. The van der Waals surface area contributed by atoms with E-state index >= 15 is 0 Å². The first-order valence-corrected chi connectivity index (χ1v) is 5.20. The van der Waals surface area contributed by atoms with Crippen LogP contribution in [0.5, 0.6) is 0 Å². The van der Waals surface area contributed by atoms with Crippen LogP contribution in [-0.4, -0.2) is 21.0 Å². The van der Waals surface area contributed by atoms with Gasteiger partial charge in [-0.15, -0.1) is 11.8 Å². The van der Waals surface area contributed by atoms with E-state index in [4.69, 9.17) is 9.63 Å². The Morgan fingerprint density at radius 2 is 2.36 bits per heavy atom. The van der Waals surface area contributed by atoms with E-state index in [1.807, 2.05) is 13.0 Å². The number of carboxylic acids is 1. The summed E-state index contributed by atoms with van der Waals surface area (Å²) in [6, 6.07) is 1.81. The summed E-state index contributed by atoms with van der Waals surface area (Å²) >= 11 is 1.33. The van der Waals surface area contributed by atoms with Gasteiger partial charge in [0.15, 0.2) is 0 Å². The standard InChI is InChI=1S/C9H13NO3S/c1-6-4-7(10-13-6)5-14-9(2,3)8(11)12/h4H,5H2,1-3H3,(H,11,12). The van der Waals surface area contributed by atoms with Gasteiger partial charge in [-0.3, -0.25) is 4.79 Å². The number of hydrogen-bond donors (Lipinski definition) is 1. The lowest BCUT2D eigenvalue weighted by Crippen LogP contribution is -2.27. The summed E-state index contributed by atoms with van der Waals surface area (Å²) in [4.78, 5) is 10.8. The first-order chi connectivity index (χ1) is 6.42. The van der Waals surface area contributed by atoms with E-state index in [-0.39, 0.29) is 0 Å². The van der Waals surface area contributed by atoms with Crippen LogP contribution in [0.25, 0.3) is 0 Å². The number of nitrogens with zero attached hydrogens (tertiary/aromatic N) is 1. The van der Waals surface area contributed by atoms with Gasteiger partial charge in [0.1, 0.15) is 10.5 Å². The van der Waals surface area contributed by atoms with Crippen molar-refractivity contribution in [3.8, 4) is 0 Å². The van der Waals surface area contributed by atoms with E-state index < -0.39 is 10.7 Å². The molecule has 0 bridgehead atoms. The molecule has 0 amide bonds. The molecule has 5 heteroatoms. The highest BCUT2D eigenvalue weighted by Gasteiger charge is 2.27. The molecule has 1 aromatic rings. The van der Waals surface area contributed by atoms with Crippen LogP contribution in [0.3, 0.4) is 0 Å². The minimum atomic E-state index is -0.817. The smallest absolute Gasteiger partial charge is 0.319 e. The second-order valence-corrected chi connectivity index (χ2v) is 5.13. The van der Waals surface area contributed by atoms with Crippen molar-refractivity contribution in [1.82, 2.24) is 5.16 Å². The highest BCUT2D eigenvalue weighted by molar-refractivity contribution is 8.00. The maximum Gasteiger partial charge on any atom is 0.319 e. The second kappa shape index (κ2) is 4.04. The zero-order valence-electron chi connectivity index (χ0n) is 8.40. The molecule has 0 aromatic carbocycles. The molecule has 0 saturated carbocycles. The molecule has 0 fully saturated rings. The predicted octanol–water partition coefficient (Wildman–Crippen LogP) is 2.08. The van der Waals surface area contributed by atoms with Crippen LogP contribution in [-0.2, 0) is 10.5 Å². The quantitative estimate of drug-likeness (QED) is 0.833. The SMILES string of the molecule is Cc1cc(CSC(C)(C)C(=O)O)no1. The Labute approximate surface area is 86.7 Å². The molecule has 78 valence electrons. The molecule has 1 rings (SSSR count). The lowest BCUT2D eigenvalue weighted by atomic mass is 10.2. The Bertz CT molecular complexity index is 333. The molecular formula is C9H13NO3S. The van der Waals surface area contributed by atoms with Crippen molar-refractivity contribution in [2.45, 2.75) is 31.3 Å². The summed E-state index contributed by atoms with van der Waals surface area (Å²) in [5.41, 5.74) is 0.779. The summed E-state index contributed by atoms with van der Waals surface area (Å²) in [6.07, 6.45) is 0. The van der Waals surface area contributed by atoms with Gasteiger partial charge in [0.05, 0.1) is 5.69 Å². The van der Waals surface area contributed by atoms with E-state index in [1.54, 1.807) is 13.8 Å². The number of carbonyl (C=O) groups is 1. The minimum absolute atomic E-state index is 0.552. The maximum absolute atomic E-state index is 10.8. The Hall–Kier alpha value is -0.970. The van der Waals surface area contributed by atoms with Crippen LogP contribution >= 0.6 is 11.8 Å². The topological polar surface area (TPSA) is 63.3 Å². The number of aromatic nitrogens is 1. The average molecular weight is 215 g/mol. The fraction of sp³-hybridized carbons (Fsp3) is 0.556. The molecular weight excluding hydrogens is 202 g/mol. The zero-order chi connectivity index (χ0) is 10.8. The fourth-order valence-electron chi connectivity index (χ4n) is 0.802. The number of rotatable bonds is 4. The molecule has 0 aliphatic carbocycles. The lowest BCUT2D eigenvalue weighted by Gasteiger charge is -2.17. The first-order valence-electron chi connectivity index (χ1n) is 4.21. The fourth-order valence-corrected chi connectivity index (χ4v) is 1.57. The van der Waals surface area contributed by atoms with Crippen molar-refractivity contribution in [3.05, 3.63) is 17.5 Å². The maximum atomic E-state index is 10.8. The minimum Gasteiger partial charge on any atom is -0.480 e. The Kier molecular flexibility index (Phi) is 3.21. The summed E-state index contributed by atoms with van der Waals surface area (Å²) in [5.74, 6) is 0.479. The lowest BCUT2D eigenvalue weighted by molar-refractivity contribution is -0.138. The normalized spacial score (nSPS) is 11.6. The average Bonchev–Trinajstić information content (AvgIpc) is 2.48. The van der Waals surface area contributed by atoms with E-state index in [1.165, 1.54) is 11.8 Å². The van der Waals surface area contributed by atoms with Crippen molar-refractivity contribution in [2.24, 2.45) is 0 Å². The Morgan fingerprint density at radius 3 is 2.79 bits per heavy atom. The molecule has 1 aromatic heterocycles. The van der Waals surface area contributed by atoms with Gasteiger partial charge < -0.3 is 9.63 Å². The van der Waals surface area contributed by atoms with E-state index in [0.717, 1.165) is 11.5 Å². The number of carboxylic acid groups (broad SMARTS) is 1. The molecule has 1 N–H and O–H groups in total. The predicted molar refractivity (Wildman–Crippen MR) is 54.2 cm³/mol. The summed E-state index contributed by atoms with van der Waals surface area (Å²) < 4.78 is 4.09.